The zero-order valence-corrected chi connectivity index (χ0v) is 11.8. The van der Waals surface area contributed by atoms with E-state index in [4.69, 9.17) is 0 Å². The first-order valence-electron chi connectivity index (χ1n) is 6.48. The lowest BCUT2D eigenvalue weighted by Gasteiger charge is -2.16. The molecule has 104 valence electrons. The predicted octanol–water partition coefficient (Wildman–Crippen LogP) is -0.405. The van der Waals surface area contributed by atoms with Crippen LogP contribution in [0.2, 0.25) is 0 Å². The maximum absolute atomic E-state index is 11.6. The van der Waals surface area contributed by atoms with Gasteiger partial charge < -0.3 is 10.6 Å². The molecule has 1 aliphatic carbocycles. The fraction of sp³-hybridized carbons (Fsp3) is 0.909. The van der Waals surface area contributed by atoms with Gasteiger partial charge in [-0.05, 0) is 18.8 Å². The third kappa shape index (κ3) is 3.35. The van der Waals surface area contributed by atoms with Crippen molar-refractivity contribution < 1.29 is 8.42 Å². The number of aliphatic imine (C=N–C) groups is 1. The zero-order chi connectivity index (χ0) is 13.2. The molecule has 6 nitrogen and oxygen atoms in total. The molecule has 2 unspecified atom stereocenters. The number of hydrogen-bond donors (Lipinski definition) is 2. The molecule has 7 heteroatoms. The van der Waals surface area contributed by atoms with Gasteiger partial charge in [-0.3, -0.25) is 4.99 Å². The molecular weight excluding hydrogens is 252 g/mol. The summed E-state index contributed by atoms with van der Waals surface area (Å²) in [7, 11) is -1.25. The summed E-state index contributed by atoms with van der Waals surface area (Å²) >= 11 is 0. The highest BCUT2D eigenvalue weighted by Gasteiger charge is 2.33. The van der Waals surface area contributed by atoms with Gasteiger partial charge in [0.1, 0.15) is 0 Å². The van der Waals surface area contributed by atoms with Crippen molar-refractivity contribution in [3.63, 3.8) is 0 Å². The lowest BCUT2D eigenvalue weighted by molar-refractivity contribution is 0.445. The van der Waals surface area contributed by atoms with Gasteiger partial charge in [-0.2, -0.15) is 0 Å². The van der Waals surface area contributed by atoms with Gasteiger partial charge in [-0.25, -0.2) is 12.7 Å². The number of hydrogen-bond acceptors (Lipinski definition) is 3. The van der Waals surface area contributed by atoms with E-state index < -0.39 is 10.0 Å². The molecule has 0 radical (unpaired) electrons. The van der Waals surface area contributed by atoms with Crippen molar-refractivity contribution in [2.75, 3.05) is 32.4 Å². The third-order valence-electron chi connectivity index (χ3n) is 3.51. The van der Waals surface area contributed by atoms with Gasteiger partial charge in [-0.15, -0.1) is 0 Å². The zero-order valence-electron chi connectivity index (χ0n) is 11.0. The standard InChI is InChI=1S/C11H22N4O2S/c1-9-8-10(9)14-11(12-2)13-4-6-15-5-3-7-18(15,16)17/h9-10H,3-8H2,1-2H3,(H2,12,13,14). The Kier molecular flexibility index (Phi) is 4.11. The molecule has 2 fully saturated rings. The van der Waals surface area contributed by atoms with Crippen LogP contribution in [0.3, 0.4) is 0 Å². The number of nitrogens with one attached hydrogen (secondary N) is 2. The molecule has 2 rings (SSSR count). The normalized spacial score (nSPS) is 31.3. The lowest BCUT2D eigenvalue weighted by atomic mass is 10.4. The molecule has 1 aliphatic heterocycles. The van der Waals surface area contributed by atoms with Crippen molar-refractivity contribution in [2.45, 2.75) is 25.8 Å². The monoisotopic (exact) mass is 274 g/mol. The van der Waals surface area contributed by atoms with E-state index in [0.29, 0.717) is 37.3 Å². The molecule has 0 aromatic heterocycles. The van der Waals surface area contributed by atoms with E-state index in [9.17, 15) is 8.42 Å². The molecule has 2 atom stereocenters. The Hall–Kier alpha value is -0.820. The van der Waals surface area contributed by atoms with Gasteiger partial charge in [0.25, 0.3) is 0 Å². The van der Waals surface area contributed by atoms with E-state index >= 15 is 0 Å². The largest absolute Gasteiger partial charge is 0.355 e. The van der Waals surface area contributed by atoms with Crippen LogP contribution in [0.1, 0.15) is 19.8 Å². The quantitative estimate of drug-likeness (QED) is 0.540. The Morgan fingerprint density at radius 2 is 2.22 bits per heavy atom. The van der Waals surface area contributed by atoms with Gasteiger partial charge in [-0.1, -0.05) is 6.92 Å². The summed E-state index contributed by atoms with van der Waals surface area (Å²) in [6, 6.07) is 0.520. The average Bonchev–Trinajstić information content (AvgIpc) is 2.89. The summed E-state index contributed by atoms with van der Waals surface area (Å²) in [4.78, 5) is 4.13. The number of nitrogens with zero attached hydrogens (tertiary/aromatic N) is 2. The van der Waals surface area contributed by atoms with Gasteiger partial charge in [0.2, 0.25) is 10.0 Å². The second-order valence-corrected chi connectivity index (χ2v) is 7.12. The van der Waals surface area contributed by atoms with Crippen LogP contribution in [0.15, 0.2) is 4.99 Å². The van der Waals surface area contributed by atoms with Crippen molar-refractivity contribution in [1.29, 1.82) is 0 Å². The molecule has 2 N–H and O–H groups in total. The van der Waals surface area contributed by atoms with Gasteiger partial charge >= 0.3 is 0 Å². The molecule has 1 heterocycles. The molecule has 0 bridgehead atoms. The molecule has 2 aliphatic rings. The molecule has 1 saturated heterocycles. The van der Waals surface area contributed by atoms with Crippen molar-refractivity contribution in [3.8, 4) is 0 Å². The number of sulfonamides is 1. The van der Waals surface area contributed by atoms with Crippen LogP contribution in [0.5, 0.6) is 0 Å². The molecule has 0 spiro atoms. The Morgan fingerprint density at radius 3 is 2.72 bits per heavy atom. The summed E-state index contributed by atoms with van der Waals surface area (Å²) in [5.41, 5.74) is 0. The predicted molar refractivity (Wildman–Crippen MR) is 72.0 cm³/mol. The summed E-state index contributed by atoms with van der Waals surface area (Å²) < 4.78 is 24.7. The second kappa shape index (κ2) is 5.44. The summed E-state index contributed by atoms with van der Waals surface area (Å²) in [5.74, 6) is 1.77. The van der Waals surface area contributed by atoms with E-state index in [1.807, 2.05) is 0 Å². The second-order valence-electron chi connectivity index (χ2n) is 5.03. The van der Waals surface area contributed by atoms with Gasteiger partial charge in [0.15, 0.2) is 5.96 Å². The van der Waals surface area contributed by atoms with Crippen molar-refractivity contribution in [3.05, 3.63) is 0 Å². The van der Waals surface area contributed by atoms with E-state index in [1.165, 1.54) is 6.42 Å². The molecule has 18 heavy (non-hydrogen) atoms. The smallest absolute Gasteiger partial charge is 0.214 e. The fourth-order valence-corrected chi connectivity index (χ4v) is 3.66. The molecular formula is C11H22N4O2S. The van der Waals surface area contributed by atoms with E-state index in [1.54, 1.807) is 11.4 Å². The van der Waals surface area contributed by atoms with Crippen LogP contribution in [-0.2, 0) is 10.0 Å². The summed E-state index contributed by atoms with van der Waals surface area (Å²) in [6.07, 6.45) is 1.93. The number of rotatable bonds is 4. The lowest BCUT2D eigenvalue weighted by Crippen LogP contribution is -2.43. The highest BCUT2D eigenvalue weighted by atomic mass is 32.2. The molecule has 1 saturated carbocycles. The number of guanidine groups is 1. The maximum atomic E-state index is 11.6. The van der Waals surface area contributed by atoms with Crippen LogP contribution in [0.4, 0.5) is 0 Å². The highest BCUT2D eigenvalue weighted by molar-refractivity contribution is 7.89. The first kappa shape index (κ1) is 13.6. The summed E-state index contributed by atoms with van der Waals surface area (Å²) in [5, 5.41) is 6.47. The van der Waals surface area contributed by atoms with Crippen LogP contribution < -0.4 is 10.6 Å². The molecule has 0 aromatic rings. The summed E-state index contributed by atoms with van der Waals surface area (Å²) in [6.45, 7) is 3.96. The first-order valence-corrected chi connectivity index (χ1v) is 8.09. The molecule has 0 aromatic carbocycles. The third-order valence-corrected chi connectivity index (χ3v) is 5.47. The van der Waals surface area contributed by atoms with Crippen molar-refractivity contribution >= 4 is 16.0 Å². The van der Waals surface area contributed by atoms with Gasteiger partial charge in [0, 0.05) is 32.7 Å². The van der Waals surface area contributed by atoms with E-state index in [-0.39, 0.29) is 0 Å². The van der Waals surface area contributed by atoms with Crippen molar-refractivity contribution in [2.24, 2.45) is 10.9 Å². The minimum absolute atomic E-state index is 0.291. The van der Waals surface area contributed by atoms with Crippen LogP contribution in [0, 0.1) is 5.92 Å². The minimum atomic E-state index is -2.98. The maximum Gasteiger partial charge on any atom is 0.214 e. The van der Waals surface area contributed by atoms with Crippen LogP contribution in [-0.4, -0.2) is 57.2 Å². The average molecular weight is 274 g/mol. The Labute approximate surface area is 109 Å². The highest BCUT2D eigenvalue weighted by Crippen LogP contribution is 2.28. The first-order chi connectivity index (χ1) is 8.53. The Morgan fingerprint density at radius 1 is 1.50 bits per heavy atom. The van der Waals surface area contributed by atoms with Crippen LogP contribution in [0.25, 0.3) is 0 Å². The minimum Gasteiger partial charge on any atom is -0.355 e. The van der Waals surface area contributed by atoms with Crippen molar-refractivity contribution in [1.82, 2.24) is 14.9 Å². The van der Waals surface area contributed by atoms with Crippen LogP contribution >= 0.6 is 0 Å². The Bertz CT molecular complexity index is 421. The SMILES string of the molecule is CN=C(NCCN1CCCS1(=O)=O)NC1CC1C. The van der Waals surface area contributed by atoms with E-state index in [2.05, 4.69) is 22.5 Å². The van der Waals surface area contributed by atoms with Gasteiger partial charge in [0.05, 0.1) is 5.75 Å². The fourth-order valence-electron chi connectivity index (χ4n) is 2.13. The molecule has 0 amide bonds. The Balaban J connectivity index is 1.71. The van der Waals surface area contributed by atoms with E-state index in [0.717, 1.165) is 12.4 Å². The topological polar surface area (TPSA) is 73.8 Å².